The lowest BCUT2D eigenvalue weighted by molar-refractivity contribution is -0.124. The minimum atomic E-state index is -0.427. The van der Waals surface area contributed by atoms with E-state index < -0.39 is 6.04 Å². The number of carbonyl (C=O) groups excluding carboxylic acids is 1. The largest absolute Gasteiger partial charge is 0.494 e. The summed E-state index contributed by atoms with van der Waals surface area (Å²) in [5, 5.41) is 6.91. The van der Waals surface area contributed by atoms with E-state index in [2.05, 4.69) is 27.4 Å². The predicted molar refractivity (Wildman–Crippen MR) is 111 cm³/mol. The van der Waals surface area contributed by atoms with Crippen molar-refractivity contribution in [2.75, 3.05) is 13.2 Å². The van der Waals surface area contributed by atoms with Gasteiger partial charge in [-0.1, -0.05) is 25.9 Å². The Kier molecular flexibility index (Phi) is 7.37. The first-order valence-electron chi connectivity index (χ1n) is 9.96. The molecule has 0 aliphatic carbocycles. The normalized spacial score (nSPS) is 11.9. The zero-order chi connectivity index (χ0) is 21.3. The van der Waals surface area contributed by atoms with Gasteiger partial charge in [0.05, 0.1) is 6.61 Å². The molecule has 1 N–H and O–H groups in total. The number of pyridine rings is 1. The van der Waals surface area contributed by atoms with Gasteiger partial charge in [-0.15, -0.1) is 0 Å². The Balaban J connectivity index is 1.57. The van der Waals surface area contributed by atoms with Crippen molar-refractivity contribution in [1.29, 1.82) is 0 Å². The highest BCUT2D eigenvalue weighted by atomic mass is 16.5. The fourth-order valence-electron chi connectivity index (χ4n) is 2.70. The molecule has 0 aliphatic rings. The molecular formula is C22H26N4O4. The average Bonchev–Trinajstić information content (AvgIpc) is 3.25. The van der Waals surface area contributed by atoms with Crippen LogP contribution in [-0.4, -0.2) is 34.2 Å². The number of aromatic nitrogens is 3. The van der Waals surface area contributed by atoms with Gasteiger partial charge in [-0.25, -0.2) is 0 Å². The Morgan fingerprint density at radius 1 is 1.13 bits per heavy atom. The molecule has 8 nitrogen and oxygen atoms in total. The number of carbonyl (C=O) groups is 1. The van der Waals surface area contributed by atoms with Gasteiger partial charge in [0.25, 0.3) is 5.91 Å². The second kappa shape index (κ2) is 10.4. The van der Waals surface area contributed by atoms with Crippen LogP contribution in [0.25, 0.3) is 11.4 Å². The summed E-state index contributed by atoms with van der Waals surface area (Å²) in [6, 6.07) is 10.4. The maximum atomic E-state index is 12.4. The monoisotopic (exact) mass is 410 g/mol. The van der Waals surface area contributed by atoms with Crippen LogP contribution in [0, 0.1) is 5.92 Å². The highest BCUT2D eigenvalue weighted by Crippen LogP contribution is 2.23. The lowest BCUT2D eigenvalue weighted by Crippen LogP contribution is -2.35. The van der Waals surface area contributed by atoms with Crippen molar-refractivity contribution in [1.82, 2.24) is 20.4 Å². The van der Waals surface area contributed by atoms with E-state index in [0.29, 0.717) is 24.1 Å². The summed E-state index contributed by atoms with van der Waals surface area (Å²) >= 11 is 0. The Hall–Kier alpha value is -3.42. The Bertz CT molecular complexity index is 926. The zero-order valence-electron chi connectivity index (χ0n) is 17.4. The van der Waals surface area contributed by atoms with Crippen LogP contribution in [-0.2, 0) is 4.79 Å². The van der Waals surface area contributed by atoms with Crippen molar-refractivity contribution in [3.8, 4) is 22.9 Å². The smallest absolute Gasteiger partial charge is 0.258 e. The van der Waals surface area contributed by atoms with E-state index in [-0.39, 0.29) is 18.4 Å². The number of nitrogens with zero attached hydrogens (tertiary/aromatic N) is 3. The summed E-state index contributed by atoms with van der Waals surface area (Å²) in [4.78, 5) is 20.9. The second-order valence-corrected chi connectivity index (χ2v) is 7.10. The minimum absolute atomic E-state index is 0.0474. The van der Waals surface area contributed by atoms with E-state index in [1.165, 1.54) is 0 Å². The van der Waals surface area contributed by atoms with Crippen molar-refractivity contribution in [3.05, 3.63) is 54.7 Å². The highest BCUT2D eigenvalue weighted by molar-refractivity contribution is 5.78. The third-order valence-corrected chi connectivity index (χ3v) is 4.28. The van der Waals surface area contributed by atoms with Crippen molar-refractivity contribution in [2.24, 2.45) is 5.92 Å². The van der Waals surface area contributed by atoms with E-state index >= 15 is 0 Å². The third-order valence-electron chi connectivity index (χ3n) is 4.28. The molecule has 0 saturated heterocycles. The number of ether oxygens (including phenoxy) is 2. The van der Waals surface area contributed by atoms with Gasteiger partial charge in [0, 0.05) is 18.0 Å². The Labute approximate surface area is 175 Å². The second-order valence-electron chi connectivity index (χ2n) is 7.10. The molecule has 1 aromatic carbocycles. The molecule has 8 heteroatoms. The third kappa shape index (κ3) is 5.79. The quantitative estimate of drug-likeness (QED) is 0.542. The van der Waals surface area contributed by atoms with Crippen molar-refractivity contribution >= 4 is 5.91 Å². The van der Waals surface area contributed by atoms with Crippen LogP contribution >= 0.6 is 0 Å². The van der Waals surface area contributed by atoms with E-state index in [1.54, 1.807) is 30.6 Å². The van der Waals surface area contributed by atoms with Crippen molar-refractivity contribution in [3.63, 3.8) is 0 Å². The Morgan fingerprint density at radius 2 is 1.87 bits per heavy atom. The molecule has 0 spiro atoms. The summed E-state index contributed by atoms with van der Waals surface area (Å²) in [6.45, 7) is 6.53. The molecule has 2 aromatic heterocycles. The number of benzene rings is 1. The van der Waals surface area contributed by atoms with Crippen LogP contribution in [0.3, 0.4) is 0 Å². The lowest BCUT2D eigenvalue weighted by Gasteiger charge is -2.18. The van der Waals surface area contributed by atoms with E-state index in [0.717, 1.165) is 17.7 Å². The number of amides is 1. The molecule has 3 aromatic rings. The predicted octanol–water partition coefficient (Wildman–Crippen LogP) is 3.81. The standard InChI is InChI=1S/C22H26N4O4/c1-4-12-28-17-7-9-18(10-8-17)29-14-19(27)24-20(15(2)3)22-25-21(26-30-22)16-6-5-11-23-13-16/h5-11,13,15,20H,4,12,14H2,1-3H3,(H,24,27). The Morgan fingerprint density at radius 3 is 2.50 bits per heavy atom. The van der Waals surface area contributed by atoms with Crippen LogP contribution in [0.2, 0.25) is 0 Å². The summed E-state index contributed by atoms with van der Waals surface area (Å²) < 4.78 is 16.5. The van der Waals surface area contributed by atoms with Crippen LogP contribution in [0.15, 0.2) is 53.3 Å². The fraction of sp³-hybridized carbons (Fsp3) is 0.364. The van der Waals surface area contributed by atoms with E-state index in [9.17, 15) is 4.79 Å². The first-order valence-corrected chi connectivity index (χ1v) is 9.96. The van der Waals surface area contributed by atoms with Crippen molar-refractivity contribution < 1.29 is 18.8 Å². The molecule has 2 heterocycles. The molecule has 1 unspecified atom stereocenters. The van der Waals surface area contributed by atoms with Gasteiger partial charge in [0.2, 0.25) is 11.7 Å². The molecule has 0 aliphatic heterocycles. The molecule has 0 saturated carbocycles. The molecule has 1 atom stereocenters. The molecule has 158 valence electrons. The summed E-state index contributed by atoms with van der Waals surface area (Å²) in [7, 11) is 0. The summed E-state index contributed by atoms with van der Waals surface area (Å²) in [6.07, 6.45) is 4.27. The van der Waals surface area contributed by atoms with Gasteiger partial charge < -0.3 is 19.3 Å². The van der Waals surface area contributed by atoms with Crippen molar-refractivity contribution in [2.45, 2.75) is 33.2 Å². The number of hydrogen-bond donors (Lipinski definition) is 1. The van der Waals surface area contributed by atoms with Crippen LogP contribution < -0.4 is 14.8 Å². The van der Waals surface area contributed by atoms with Gasteiger partial charge >= 0.3 is 0 Å². The minimum Gasteiger partial charge on any atom is -0.494 e. The topological polar surface area (TPSA) is 99.4 Å². The molecule has 0 bridgehead atoms. The van der Waals surface area contributed by atoms with Gasteiger partial charge in [0.15, 0.2) is 6.61 Å². The van der Waals surface area contributed by atoms with E-state index in [4.69, 9.17) is 14.0 Å². The molecule has 30 heavy (non-hydrogen) atoms. The zero-order valence-corrected chi connectivity index (χ0v) is 17.4. The SMILES string of the molecule is CCCOc1ccc(OCC(=O)NC(c2nc(-c3cccnc3)no2)C(C)C)cc1. The first-order chi connectivity index (χ1) is 14.6. The van der Waals surface area contributed by atoms with Gasteiger partial charge in [-0.3, -0.25) is 9.78 Å². The maximum Gasteiger partial charge on any atom is 0.258 e. The van der Waals surface area contributed by atoms with Crippen LogP contribution in [0.1, 0.15) is 39.1 Å². The van der Waals surface area contributed by atoms with Gasteiger partial charge in [0.1, 0.15) is 17.5 Å². The molecular weight excluding hydrogens is 384 g/mol. The summed E-state index contributed by atoms with van der Waals surface area (Å²) in [5.41, 5.74) is 0.746. The summed E-state index contributed by atoms with van der Waals surface area (Å²) in [5.74, 6) is 1.91. The van der Waals surface area contributed by atoms with Gasteiger partial charge in [-0.05, 0) is 48.7 Å². The number of nitrogens with one attached hydrogen (secondary N) is 1. The average molecular weight is 410 g/mol. The first kappa shape index (κ1) is 21.3. The molecule has 1 amide bonds. The lowest BCUT2D eigenvalue weighted by atomic mass is 10.0. The molecule has 0 fully saturated rings. The van der Waals surface area contributed by atoms with Gasteiger partial charge in [-0.2, -0.15) is 4.98 Å². The maximum absolute atomic E-state index is 12.4. The van der Waals surface area contributed by atoms with Crippen LogP contribution in [0.4, 0.5) is 0 Å². The van der Waals surface area contributed by atoms with Crippen LogP contribution in [0.5, 0.6) is 11.5 Å². The molecule has 0 radical (unpaired) electrons. The highest BCUT2D eigenvalue weighted by Gasteiger charge is 2.25. The molecule has 3 rings (SSSR count). The number of rotatable bonds is 10. The fourth-order valence-corrected chi connectivity index (χ4v) is 2.70. The number of hydrogen-bond acceptors (Lipinski definition) is 7. The van der Waals surface area contributed by atoms with E-state index in [1.807, 2.05) is 32.0 Å².